The van der Waals surface area contributed by atoms with E-state index in [2.05, 4.69) is 14.8 Å². The van der Waals surface area contributed by atoms with Crippen molar-refractivity contribution >= 4 is 16.6 Å². The second-order valence-corrected chi connectivity index (χ2v) is 5.47. The Bertz CT molecular complexity index is 608. The molecule has 0 radical (unpaired) electrons. The zero-order valence-corrected chi connectivity index (χ0v) is 12.1. The second-order valence-electron chi connectivity index (χ2n) is 5.47. The van der Waals surface area contributed by atoms with Crippen LogP contribution in [0.2, 0.25) is 0 Å². The van der Waals surface area contributed by atoms with E-state index in [0.717, 1.165) is 62.3 Å². The topological polar surface area (TPSA) is 45.4 Å². The van der Waals surface area contributed by atoms with Crippen LogP contribution >= 0.6 is 0 Å². The third-order valence-electron chi connectivity index (χ3n) is 4.06. The number of rotatable bonds is 4. The van der Waals surface area contributed by atoms with Crippen LogP contribution in [0, 0.1) is 5.82 Å². The maximum Gasteiger partial charge on any atom is 0.136 e. The summed E-state index contributed by atoms with van der Waals surface area (Å²) in [5, 5.41) is 1.93. The molecule has 1 aliphatic rings. The van der Waals surface area contributed by atoms with Crippen molar-refractivity contribution in [2.24, 2.45) is 5.73 Å². The van der Waals surface area contributed by atoms with Gasteiger partial charge in [-0.15, -0.1) is 0 Å². The monoisotopic (exact) mass is 288 g/mol. The Hall–Kier alpha value is -1.72. The molecule has 5 heteroatoms. The van der Waals surface area contributed by atoms with Crippen LogP contribution in [0.15, 0.2) is 30.5 Å². The van der Waals surface area contributed by atoms with E-state index < -0.39 is 0 Å². The van der Waals surface area contributed by atoms with E-state index in [0.29, 0.717) is 0 Å². The van der Waals surface area contributed by atoms with Crippen LogP contribution in [0.5, 0.6) is 0 Å². The lowest BCUT2D eigenvalue weighted by atomic mass is 10.1. The molecule has 3 rings (SSSR count). The zero-order valence-electron chi connectivity index (χ0n) is 12.1. The highest BCUT2D eigenvalue weighted by molar-refractivity contribution is 5.92. The second kappa shape index (κ2) is 6.37. The minimum Gasteiger partial charge on any atom is -0.354 e. The molecule has 21 heavy (non-hydrogen) atoms. The highest BCUT2D eigenvalue weighted by Gasteiger charge is 2.19. The lowest BCUT2D eigenvalue weighted by Crippen LogP contribution is -2.47. The fourth-order valence-corrected chi connectivity index (χ4v) is 2.88. The van der Waals surface area contributed by atoms with Crippen LogP contribution in [-0.4, -0.2) is 49.2 Å². The van der Waals surface area contributed by atoms with E-state index in [-0.39, 0.29) is 5.82 Å². The van der Waals surface area contributed by atoms with Crippen LogP contribution in [0.1, 0.15) is 6.42 Å². The molecule has 0 aliphatic carbocycles. The van der Waals surface area contributed by atoms with Crippen molar-refractivity contribution in [3.8, 4) is 0 Å². The van der Waals surface area contributed by atoms with E-state index in [4.69, 9.17) is 5.73 Å². The highest BCUT2D eigenvalue weighted by atomic mass is 19.1. The van der Waals surface area contributed by atoms with Crippen molar-refractivity contribution in [2.45, 2.75) is 6.42 Å². The first kappa shape index (κ1) is 14.2. The highest BCUT2D eigenvalue weighted by Crippen LogP contribution is 2.26. The summed E-state index contributed by atoms with van der Waals surface area (Å²) in [6.45, 7) is 5.66. The molecule has 1 fully saturated rings. The molecule has 0 amide bonds. The van der Waals surface area contributed by atoms with E-state index in [1.165, 1.54) is 6.07 Å². The summed E-state index contributed by atoms with van der Waals surface area (Å²) >= 11 is 0. The molecule has 2 aromatic rings. The number of hydrogen-bond acceptors (Lipinski definition) is 4. The molecule has 0 bridgehead atoms. The van der Waals surface area contributed by atoms with Crippen molar-refractivity contribution in [3.05, 3.63) is 36.3 Å². The minimum absolute atomic E-state index is 0.210. The van der Waals surface area contributed by atoms with Gasteiger partial charge in [-0.05, 0) is 43.1 Å². The SMILES string of the molecule is NCCCN1CCN(c2nccc3ccc(F)cc23)CC1. The maximum absolute atomic E-state index is 13.5. The van der Waals surface area contributed by atoms with Gasteiger partial charge in [0.05, 0.1) is 0 Å². The van der Waals surface area contributed by atoms with Gasteiger partial charge in [0.15, 0.2) is 0 Å². The quantitative estimate of drug-likeness (QED) is 0.932. The lowest BCUT2D eigenvalue weighted by molar-refractivity contribution is 0.256. The first-order chi connectivity index (χ1) is 10.3. The van der Waals surface area contributed by atoms with E-state index in [1.54, 1.807) is 12.3 Å². The van der Waals surface area contributed by atoms with Gasteiger partial charge < -0.3 is 10.6 Å². The molecule has 1 aromatic carbocycles. The van der Waals surface area contributed by atoms with Crippen LogP contribution in [0.25, 0.3) is 10.8 Å². The van der Waals surface area contributed by atoms with Crippen molar-refractivity contribution in [1.29, 1.82) is 0 Å². The van der Waals surface area contributed by atoms with E-state index in [9.17, 15) is 4.39 Å². The van der Waals surface area contributed by atoms with Gasteiger partial charge in [0, 0.05) is 37.8 Å². The number of halogens is 1. The minimum atomic E-state index is -0.210. The summed E-state index contributed by atoms with van der Waals surface area (Å²) in [5.41, 5.74) is 5.56. The van der Waals surface area contributed by atoms with Gasteiger partial charge in [-0.1, -0.05) is 6.07 Å². The van der Waals surface area contributed by atoms with Crippen LogP contribution in [0.4, 0.5) is 10.2 Å². The number of benzene rings is 1. The summed E-state index contributed by atoms with van der Waals surface area (Å²) in [5.74, 6) is 0.684. The predicted octanol–water partition coefficient (Wildman–Crippen LogP) is 1.84. The molecule has 1 aromatic heterocycles. The largest absolute Gasteiger partial charge is 0.354 e. The molecule has 112 valence electrons. The van der Waals surface area contributed by atoms with E-state index >= 15 is 0 Å². The molecular weight excluding hydrogens is 267 g/mol. The average Bonchev–Trinajstić information content (AvgIpc) is 2.53. The van der Waals surface area contributed by atoms with Gasteiger partial charge >= 0.3 is 0 Å². The number of pyridine rings is 1. The maximum atomic E-state index is 13.5. The normalized spacial score (nSPS) is 16.6. The zero-order chi connectivity index (χ0) is 14.7. The standard InChI is InChI=1S/C16H21FN4/c17-14-3-2-13-4-6-19-16(15(13)12-14)21-10-8-20(9-11-21)7-1-5-18/h2-4,6,12H,1,5,7-11,18H2. The Morgan fingerprint density at radius 3 is 2.71 bits per heavy atom. The lowest BCUT2D eigenvalue weighted by Gasteiger charge is -2.35. The fourth-order valence-electron chi connectivity index (χ4n) is 2.88. The van der Waals surface area contributed by atoms with Crippen molar-refractivity contribution in [2.75, 3.05) is 44.2 Å². The molecular formula is C16H21FN4. The molecule has 2 heterocycles. The first-order valence-electron chi connectivity index (χ1n) is 7.49. The molecule has 0 atom stereocenters. The fraction of sp³-hybridized carbons (Fsp3) is 0.438. The number of anilines is 1. The van der Waals surface area contributed by atoms with Crippen molar-refractivity contribution < 1.29 is 4.39 Å². The van der Waals surface area contributed by atoms with Gasteiger partial charge in [0.1, 0.15) is 11.6 Å². The van der Waals surface area contributed by atoms with Crippen LogP contribution in [-0.2, 0) is 0 Å². The Kier molecular flexibility index (Phi) is 4.31. The van der Waals surface area contributed by atoms with Crippen molar-refractivity contribution in [1.82, 2.24) is 9.88 Å². The number of fused-ring (bicyclic) bond motifs is 1. The Morgan fingerprint density at radius 2 is 1.95 bits per heavy atom. The third kappa shape index (κ3) is 3.14. The first-order valence-corrected chi connectivity index (χ1v) is 7.49. The van der Waals surface area contributed by atoms with Gasteiger partial charge in [0.2, 0.25) is 0 Å². The van der Waals surface area contributed by atoms with E-state index in [1.807, 2.05) is 12.1 Å². The number of piperazine rings is 1. The molecule has 0 unspecified atom stereocenters. The third-order valence-corrected chi connectivity index (χ3v) is 4.06. The van der Waals surface area contributed by atoms with Gasteiger partial charge in [-0.25, -0.2) is 9.37 Å². The molecule has 1 aliphatic heterocycles. The summed E-state index contributed by atoms with van der Waals surface area (Å²) in [6.07, 6.45) is 2.84. The molecule has 1 saturated heterocycles. The Morgan fingerprint density at radius 1 is 1.14 bits per heavy atom. The molecule has 4 nitrogen and oxygen atoms in total. The Balaban J connectivity index is 1.78. The molecule has 0 saturated carbocycles. The number of aromatic nitrogens is 1. The smallest absolute Gasteiger partial charge is 0.136 e. The van der Waals surface area contributed by atoms with Gasteiger partial charge in [-0.3, -0.25) is 4.90 Å². The summed E-state index contributed by atoms with van der Waals surface area (Å²) in [6, 6.07) is 6.82. The number of nitrogens with two attached hydrogens (primary N) is 1. The Labute approximate surface area is 124 Å². The number of nitrogens with zero attached hydrogens (tertiary/aromatic N) is 3. The van der Waals surface area contributed by atoms with Crippen LogP contribution in [0.3, 0.4) is 0 Å². The summed E-state index contributed by atoms with van der Waals surface area (Å²) in [7, 11) is 0. The number of hydrogen-bond donors (Lipinski definition) is 1. The van der Waals surface area contributed by atoms with Gasteiger partial charge in [0.25, 0.3) is 0 Å². The van der Waals surface area contributed by atoms with Gasteiger partial charge in [-0.2, -0.15) is 0 Å². The van der Waals surface area contributed by atoms with Crippen LogP contribution < -0.4 is 10.6 Å². The summed E-state index contributed by atoms with van der Waals surface area (Å²) < 4.78 is 13.5. The molecule has 0 spiro atoms. The average molecular weight is 288 g/mol. The summed E-state index contributed by atoms with van der Waals surface area (Å²) in [4.78, 5) is 9.16. The van der Waals surface area contributed by atoms with Crippen molar-refractivity contribution in [3.63, 3.8) is 0 Å². The predicted molar refractivity (Wildman–Crippen MR) is 84.0 cm³/mol. The molecule has 2 N–H and O–H groups in total.